The van der Waals surface area contributed by atoms with Gasteiger partial charge in [-0.15, -0.1) is 0 Å². The molecule has 12 heteroatoms. The number of alkyl halides is 3. The molecule has 8 nitrogen and oxygen atoms in total. The van der Waals surface area contributed by atoms with Gasteiger partial charge in [0.15, 0.2) is 0 Å². The summed E-state index contributed by atoms with van der Waals surface area (Å²) in [5.41, 5.74) is -4.21. The van der Waals surface area contributed by atoms with Crippen LogP contribution in [0.3, 0.4) is 0 Å². The molecule has 0 atom stereocenters. The van der Waals surface area contributed by atoms with Gasteiger partial charge in [-0.3, -0.25) is 14.3 Å². The number of H-pyrrole nitrogens is 1. The van der Waals surface area contributed by atoms with E-state index in [1.165, 1.54) is 7.05 Å². The molecule has 1 fully saturated rings. The number of rotatable bonds is 3. The lowest BCUT2D eigenvalue weighted by Gasteiger charge is -2.43. The minimum atomic E-state index is -4.73. The Labute approximate surface area is 138 Å². The molecule has 1 aliphatic carbocycles. The highest BCUT2D eigenvalue weighted by Crippen LogP contribution is 2.45. The largest absolute Gasteiger partial charge is 0.407 e. The quantitative estimate of drug-likeness (QED) is 0.802. The van der Waals surface area contributed by atoms with E-state index in [9.17, 15) is 31.2 Å². The summed E-state index contributed by atoms with van der Waals surface area (Å²) in [5.74, 6) is 0. The third-order valence-corrected chi connectivity index (χ3v) is 5.82. The van der Waals surface area contributed by atoms with Gasteiger partial charge in [-0.05, 0) is 25.3 Å². The summed E-state index contributed by atoms with van der Waals surface area (Å²) in [4.78, 5) is 28.5. The average molecular weight is 378 g/mol. The van der Waals surface area contributed by atoms with Gasteiger partial charge in [-0.2, -0.15) is 17.9 Å². The number of hydrogen-bond acceptors (Lipinski definition) is 5. The lowest BCUT2D eigenvalue weighted by Crippen LogP contribution is -2.62. The Balaban J connectivity index is 2.10. The van der Waals surface area contributed by atoms with E-state index in [2.05, 4.69) is 4.98 Å². The lowest BCUT2D eigenvalue weighted by atomic mass is 9.77. The number of fused-ring (bicyclic) bond motifs is 1. The van der Waals surface area contributed by atoms with Crippen LogP contribution in [0.5, 0.6) is 0 Å². The molecule has 0 radical (unpaired) electrons. The van der Waals surface area contributed by atoms with Gasteiger partial charge in [0.05, 0.1) is 5.39 Å². The van der Waals surface area contributed by atoms with Crippen molar-refractivity contribution in [2.45, 2.75) is 35.9 Å². The Morgan fingerprint density at radius 1 is 1.32 bits per heavy atom. The first-order chi connectivity index (χ1) is 11.5. The zero-order valence-corrected chi connectivity index (χ0v) is 13.7. The predicted molar refractivity (Wildman–Crippen MR) is 80.6 cm³/mol. The van der Waals surface area contributed by atoms with Crippen molar-refractivity contribution >= 4 is 21.1 Å². The molecule has 0 unspecified atom stereocenters. The van der Waals surface area contributed by atoms with Crippen molar-refractivity contribution in [1.82, 2.24) is 19.3 Å². The number of aromatic amines is 1. The smallest absolute Gasteiger partial charge is 0.281 e. The van der Waals surface area contributed by atoms with Gasteiger partial charge in [-0.1, -0.05) is 0 Å². The molecule has 0 bridgehead atoms. The van der Waals surface area contributed by atoms with E-state index < -0.39 is 37.9 Å². The summed E-state index contributed by atoms with van der Waals surface area (Å²) in [6, 6.07) is 0.895. The van der Waals surface area contributed by atoms with Crippen molar-refractivity contribution in [3.63, 3.8) is 0 Å². The van der Waals surface area contributed by atoms with Crippen LogP contribution in [-0.2, 0) is 17.1 Å². The second kappa shape index (κ2) is 5.39. The number of aryl methyl sites for hydroxylation is 1. The van der Waals surface area contributed by atoms with Crippen LogP contribution in [0.25, 0.3) is 11.0 Å². The Morgan fingerprint density at radius 3 is 2.48 bits per heavy atom. The first kappa shape index (κ1) is 17.6. The molecule has 1 saturated carbocycles. The Morgan fingerprint density at radius 2 is 1.96 bits per heavy atom. The zero-order valence-electron chi connectivity index (χ0n) is 12.8. The van der Waals surface area contributed by atoms with Crippen molar-refractivity contribution in [2.75, 3.05) is 0 Å². The van der Waals surface area contributed by atoms with Crippen molar-refractivity contribution in [1.29, 1.82) is 0 Å². The highest BCUT2D eigenvalue weighted by atomic mass is 32.2. The molecule has 2 aromatic rings. The SMILES string of the molecule is Cn1c(=O)[nH]c(=O)c2cc(S(=O)(=O)NC3(C(F)(F)F)CCC3)cnc21. The van der Waals surface area contributed by atoms with Crippen molar-refractivity contribution < 1.29 is 21.6 Å². The molecule has 2 aromatic heterocycles. The van der Waals surface area contributed by atoms with Crippen LogP contribution >= 0.6 is 0 Å². The van der Waals surface area contributed by atoms with E-state index in [4.69, 9.17) is 0 Å². The summed E-state index contributed by atoms with van der Waals surface area (Å²) >= 11 is 0. The van der Waals surface area contributed by atoms with Gasteiger partial charge in [0.25, 0.3) is 5.56 Å². The Kier molecular flexibility index (Phi) is 3.80. The maximum Gasteiger partial charge on any atom is 0.407 e. The van der Waals surface area contributed by atoms with Crippen molar-refractivity contribution in [3.8, 4) is 0 Å². The van der Waals surface area contributed by atoms with Crippen LogP contribution < -0.4 is 16.0 Å². The van der Waals surface area contributed by atoms with E-state index in [0.717, 1.165) is 16.8 Å². The fourth-order valence-electron chi connectivity index (χ4n) is 2.65. The van der Waals surface area contributed by atoms with Crippen LogP contribution in [0.1, 0.15) is 19.3 Å². The predicted octanol–water partition coefficient (Wildman–Crippen LogP) is 0.385. The fraction of sp³-hybridized carbons (Fsp3) is 0.462. The molecule has 0 aliphatic heterocycles. The first-order valence-corrected chi connectivity index (χ1v) is 8.65. The van der Waals surface area contributed by atoms with E-state index in [1.807, 2.05) is 4.98 Å². The third kappa shape index (κ3) is 2.74. The lowest BCUT2D eigenvalue weighted by molar-refractivity contribution is -0.212. The topological polar surface area (TPSA) is 114 Å². The number of sulfonamides is 1. The maximum absolute atomic E-state index is 13.2. The van der Waals surface area contributed by atoms with Crippen LogP contribution in [0.2, 0.25) is 0 Å². The summed E-state index contributed by atoms with van der Waals surface area (Å²) in [6.45, 7) is 0. The molecule has 0 spiro atoms. The summed E-state index contributed by atoms with van der Waals surface area (Å²) < 4.78 is 67.0. The Bertz CT molecular complexity index is 1070. The minimum absolute atomic E-state index is 0.0816. The molecule has 1 aliphatic rings. The average Bonchev–Trinajstić information content (AvgIpc) is 2.47. The molecule has 2 N–H and O–H groups in total. The second-order valence-corrected chi connectivity index (χ2v) is 7.58. The number of nitrogens with zero attached hydrogens (tertiary/aromatic N) is 2. The summed E-state index contributed by atoms with van der Waals surface area (Å²) in [7, 11) is -3.25. The van der Waals surface area contributed by atoms with Gasteiger partial charge in [0, 0.05) is 13.2 Å². The van der Waals surface area contributed by atoms with Crippen LogP contribution in [0.4, 0.5) is 13.2 Å². The Hall–Kier alpha value is -2.21. The summed E-state index contributed by atoms with van der Waals surface area (Å²) in [5, 5.41) is -0.223. The number of aromatic nitrogens is 3. The number of hydrogen-bond donors (Lipinski definition) is 2. The molecule has 2 heterocycles. The standard InChI is InChI=1S/C13H13F3N4O4S/c1-20-9-8(10(21)18-11(20)22)5-7(6-17-9)25(23,24)19-12(3-2-4-12)13(14,15)16/h5-6,19H,2-4H2,1H3,(H,18,21,22). The van der Waals surface area contributed by atoms with Crippen molar-refractivity contribution in [2.24, 2.45) is 7.05 Å². The van der Waals surface area contributed by atoms with Crippen LogP contribution in [0, 0.1) is 0 Å². The van der Waals surface area contributed by atoms with E-state index in [1.54, 1.807) is 4.72 Å². The third-order valence-electron chi connectivity index (χ3n) is 4.32. The van der Waals surface area contributed by atoms with Gasteiger partial charge < -0.3 is 0 Å². The number of pyridine rings is 1. The number of halogens is 3. The van der Waals surface area contributed by atoms with E-state index in [-0.39, 0.29) is 30.3 Å². The molecule has 0 saturated heterocycles. The van der Waals surface area contributed by atoms with Gasteiger partial charge >= 0.3 is 11.9 Å². The highest BCUT2D eigenvalue weighted by molar-refractivity contribution is 7.89. The summed E-state index contributed by atoms with van der Waals surface area (Å²) in [6.07, 6.45) is -4.38. The molecule has 3 rings (SSSR count). The maximum atomic E-state index is 13.2. The molecule has 0 amide bonds. The fourth-order valence-corrected chi connectivity index (χ4v) is 4.07. The van der Waals surface area contributed by atoms with E-state index in [0.29, 0.717) is 0 Å². The van der Waals surface area contributed by atoms with Gasteiger partial charge in [0.1, 0.15) is 16.1 Å². The normalized spacial score (nSPS) is 17.4. The highest BCUT2D eigenvalue weighted by Gasteiger charge is 2.60. The van der Waals surface area contributed by atoms with Crippen LogP contribution in [0.15, 0.2) is 26.7 Å². The van der Waals surface area contributed by atoms with Crippen molar-refractivity contribution in [3.05, 3.63) is 33.1 Å². The molecule has 0 aromatic carbocycles. The first-order valence-electron chi connectivity index (χ1n) is 7.17. The minimum Gasteiger partial charge on any atom is -0.281 e. The van der Waals surface area contributed by atoms with Crippen LogP contribution in [-0.4, -0.2) is 34.7 Å². The molecular formula is C13H13F3N4O4S. The molecule has 136 valence electrons. The van der Waals surface area contributed by atoms with E-state index >= 15 is 0 Å². The second-order valence-electron chi connectivity index (χ2n) is 5.90. The molecular weight excluding hydrogens is 365 g/mol. The van der Waals surface area contributed by atoms with Gasteiger partial charge in [-0.25, -0.2) is 18.2 Å². The zero-order chi connectivity index (χ0) is 18.6. The molecule has 25 heavy (non-hydrogen) atoms. The number of nitrogens with one attached hydrogen (secondary N) is 2. The monoisotopic (exact) mass is 378 g/mol. The van der Waals surface area contributed by atoms with Gasteiger partial charge in [0.2, 0.25) is 10.0 Å².